The number of nitrogens with zero attached hydrogens (tertiary/aromatic N) is 1. The average Bonchev–Trinajstić information content (AvgIpc) is 2.42. The Kier molecular flexibility index (Phi) is 5.14. The van der Waals surface area contributed by atoms with E-state index >= 15 is 0 Å². The molecule has 1 heterocycles. The Hall–Kier alpha value is -1.16. The third kappa shape index (κ3) is 3.66. The molecule has 106 valence electrons. The highest BCUT2D eigenvalue weighted by molar-refractivity contribution is 5.23. The van der Waals surface area contributed by atoms with Crippen LogP contribution in [0.25, 0.3) is 0 Å². The quantitative estimate of drug-likeness (QED) is 0.888. The van der Waals surface area contributed by atoms with Crippen LogP contribution in [0.4, 0.5) is 4.39 Å². The lowest BCUT2D eigenvalue weighted by Gasteiger charge is -2.29. The first-order valence-corrected chi connectivity index (χ1v) is 7.23. The SMILES string of the molecule is CCNCc1ccnc(OC2CCCCC2C)c1F. The Morgan fingerprint density at radius 2 is 2.21 bits per heavy atom. The van der Waals surface area contributed by atoms with Crippen molar-refractivity contribution in [3.05, 3.63) is 23.6 Å². The molecule has 1 saturated carbocycles. The van der Waals surface area contributed by atoms with Crippen LogP contribution in [0.5, 0.6) is 5.88 Å². The summed E-state index contributed by atoms with van der Waals surface area (Å²) >= 11 is 0. The molecule has 0 spiro atoms. The van der Waals surface area contributed by atoms with E-state index in [9.17, 15) is 4.39 Å². The van der Waals surface area contributed by atoms with Crippen molar-refractivity contribution in [2.75, 3.05) is 6.54 Å². The van der Waals surface area contributed by atoms with Crippen LogP contribution in [0.1, 0.15) is 45.1 Å². The second-order valence-electron chi connectivity index (χ2n) is 5.29. The third-order valence-corrected chi connectivity index (χ3v) is 3.80. The Balaban J connectivity index is 2.07. The first kappa shape index (κ1) is 14.3. The molecule has 2 atom stereocenters. The summed E-state index contributed by atoms with van der Waals surface area (Å²) in [4.78, 5) is 4.05. The van der Waals surface area contributed by atoms with E-state index in [1.165, 1.54) is 6.42 Å². The third-order valence-electron chi connectivity index (χ3n) is 3.80. The van der Waals surface area contributed by atoms with Crippen molar-refractivity contribution in [1.82, 2.24) is 10.3 Å². The Morgan fingerprint density at radius 1 is 1.42 bits per heavy atom. The molecule has 0 aliphatic heterocycles. The zero-order chi connectivity index (χ0) is 13.7. The first-order valence-electron chi connectivity index (χ1n) is 7.23. The van der Waals surface area contributed by atoms with Crippen LogP contribution >= 0.6 is 0 Å². The molecular formula is C15H23FN2O. The topological polar surface area (TPSA) is 34.2 Å². The molecule has 0 saturated heterocycles. The molecule has 2 rings (SSSR count). The molecule has 1 aliphatic rings. The normalized spacial score (nSPS) is 23.3. The number of hydrogen-bond donors (Lipinski definition) is 1. The number of ether oxygens (including phenoxy) is 1. The molecule has 1 aromatic rings. The van der Waals surface area contributed by atoms with Gasteiger partial charge in [0.25, 0.3) is 5.88 Å². The summed E-state index contributed by atoms with van der Waals surface area (Å²) in [6.45, 7) is 5.50. The molecule has 0 amide bonds. The molecular weight excluding hydrogens is 243 g/mol. The van der Waals surface area contributed by atoms with Crippen LogP contribution in [-0.2, 0) is 6.54 Å². The molecule has 1 aromatic heterocycles. The van der Waals surface area contributed by atoms with E-state index in [1.807, 2.05) is 6.92 Å². The highest BCUT2D eigenvalue weighted by Gasteiger charge is 2.24. The molecule has 2 unspecified atom stereocenters. The minimum atomic E-state index is -0.318. The molecule has 3 nitrogen and oxygen atoms in total. The van der Waals surface area contributed by atoms with Gasteiger partial charge in [-0.25, -0.2) is 9.37 Å². The van der Waals surface area contributed by atoms with E-state index < -0.39 is 0 Å². The maximum atomic E-state index is 14.3. The van der Waals surface area contributed by atoms with Gasteiger partial charge >= 0.3 is 0 Å². The van der Waals surface area contributed by atoms with Crippen molar-refractivity contribution in [2.24, 2.45) is 5.92 Å². The van der Waals surface area contributed by atoms with Crippen LogP contribution in [-0.4, -0.2) is 17.6 Å². The van der Waals surface area contributed by atoms with Gasteiger partial charge in [0, 0.05) is 18.3 Å². The van der Waals surface area contributed by atoms with Gasteiger partial charge in [-0.3, -0.25) is 0 Å². The van der Waals surface area contributed by atoms with Gasteiger partial charge < -0.3 is 10.1 Å². The molecule has 19 heavy (non-hydrogen) atoms. The zero-order valence-electron chi connectivity index (χ0n) is 11.8. The van der Waals surface area contributed by atoms with Gasteiger partial charge in [-0.05, 0) is 37.8 Å². The minimum absolute atomic E-state index is 0.102. The number of rotatable bonds is 5. The van der Waals surface area contributed by atoms with E-state index in [4.69, 9.17) is 4.74 Å². The van der Waals surface area contributed by atoms with E-state index in [1.54, 1.807) is 12.3 Å². The molecule has 0 radical (unpaired) electrons. The van der Waals surface area contributed by atoms with E-state index in [-0.39, 0.29) is 17.8 Å². The molecule has 0 aromatic carbocycles. The van der Waals surface area contributed by atoms with Crippen molar-refractivity contribution < 1.29 is 9.13 Å². The number of hydrogen-bond acceptors (Lipinski definition) is 3. The first-order chi connectivity index (χ1) is 9.22. The van der Waals surface area contributed by atoms with Crippen LogP contribution in [0.2, 0.25) is 0 Å². The van der Waals surface area contributed by atoms with E-state index in [2.05, 4.69) is 17.2 Å². The van der Waals surface area contributed by atoms with Crippen LogP contribution in [0.3, 0.4) is 0 Å². The maximum absolute atomic E-state index is 14.3. The number of nitrogens with one attached hydrogen (secondary N) is 1. The fraction of sp³-hybridized carbons (Fsp3) is 0.667. The van der Waals surface area contributed by atoms with Crippen LogP contribution < -0.4 is 10.1 Å². The summed E-state index contributed by atoms with van der Waals surface area (Å²) in [7, 11) is 0. The number of pyridine rings is 1. The van der Waals surface area contributed by atoms with Gasteiger partial charge in [0.05, 0.1) is 0 Å². The summed E-state index contributed by atoms with van der Waals surface area (Å²) in [5.74, 6) is 0.322. The lowest BCUT2D eigenvalue weighted by molar-refractivity contribution is 0.0925. The minimum Gasteiger partial charge on any atom is -0.472 e. The van der Waals surface area contributed by atoms with Crippen molar-refractivity contribution in [2.45, 2.75) is 52.2 Å². The monoisotopic (exact) mass is 266 g/mol. The average molecular weight is 266 g/mol. The fourth-order valence-electron chi connectivity index (χ4n) is 2.54. The van der Waals surface area contributed by atoms with E-state index in [0.717, 1.165) is 25.8 Å². The molecule has 0 bridgehead atoms. The van der Waals surface area contributed by atoms with E-state index in [0.29, 0.717) is 18.0 Å². The van der Waals surface area contributed by atoms with Crippen molar-refractivity contribution in [3.8, 4) is 5.88 Å². The standard InChI is InChI=1S/C15H23FN2O/c1-3-17-10-12-8-9-18-15(14(12)16)19-13-7-5-4-6-11(13)2/h8-9,11,13,17H,3-7,10H2,1-2H3. The van der Waals surface area contributed by atoms with Gasteiger partial charge in [-0.15, -0.1) is 0 Å². The van der Waals surface area contributed by atoms with Gasteiger partial charge in [0.15, 0.2) is 5.82 Å². The predicted molar refractivity (Wildman–Crippen MR) is 73.6 cm³/mol. The lowest BCUT2D eigenvalue weighted by atomic mass is 9.88. The summed E-state index contributed by atoms with van der Waals surface area (Å²) in [5.41, 5.74) is 0.621. The Bertz CT molecular complexity index is 411. The zero-order valence-corrected chi connectivity index (χ0v) is 11.8. The second kappa shape index (κ2) is 6.85. The second-order valence-corrected chi connectivity index (χ2v) is 5.29. The summed E-state index contributed by atoms with van der Waals surface area (Å²) < 4.78 is 20.1. The largest absolute Gasteiger partial charge is 0.472 e. The molecule has 4 heteroatoms. The summed E-state index contributed by atoms with van der Waals surface area (Å²) in [5, 5.41) is 3.12. The molecule has 1 aliphatic carbocycles. The van der Waals surface area contributed by atoms with Crippen molar-refractivity contribution in [1.29, 1.82) is 0 Å². The highest BCUT2D eigenvalue weighted by atomic mass is 19.1. The van der Waals surface area contributed by atoms with Gasteiger partial charge in [0.1, 0.15) is 6.10 Å². The molecule has 1 N–H and O–H groups in total. The van der Waals surface area contributed by atoms with Crippen molar-refractivity contribution in [3.63, 3.8) is 0 Å². The Morgan fingerprint density at radius 3 is 2.95 bits per heavy atom. The Labute approximate surface area is 114 Å². The fourth-order valence-corrected chi connectivity index (χ4v) is 2.54. The van der Waals surface area contributed by atoms with Crippen molar-refractivity contribution >= 4 is 0 Å². The predicted octanol–water partition coefficient (Wildman–Crippen LogP) is 3.29. The highest BCUT2D eigenvalue weighted by Crippen LogP contribution is 2.28. The van der Waals surface area contributed by atoms with Gasteiger partial charge in [-0.1, -0.05) is 20.3 Å². The number of aromatic nitrogens is 1. The van der Waals surface area contributed by atoms with Crippen LogP contribution in [0.15, 0.2) is 12.3 Å². The van der Waals surface area contributed by atoms with Crippen LogP contribution in [0, 0.1) is 11.7 Å². The summed E-state index contributed by atoms with van der Waals surface area (Å²) in [6.07, 6.45) is 6.29. The summed E-state index contributed by atoms with van der Waals surface area (Å²) in [6, 6.07) is 1.70. The van der Waals surface area contributed by atoms with Gasteiger partial charge in [0.2, 0.25) is 0 Å². The molecule has 1 fully saturated rings. The smallest absolute Gasteiger partial charge is 0.250 e. The van der Waals surface area contributed by atoms with Gasteiger partial charge in [-0.2, -0.15) is 0 Å². The number of halogens is 1. The lowest BCUT2D eigenvalue weighted by Crippen LogP contribution is -2.29. The maximum Gasteiger partial charge on any atom is 0.250 e.